The van der Waals surface area contributed by atoms with Gasteiger partial charge in [-0.05, 0) is 38.8 Å². The van der Waals surface area contributed by atoms with Crippen LogP contribution in [0.5, 0.6) is 0 Å². The lowest BCUT2D eigenvalue weighted by molar-refractivity contribution is -0.121. The Morgan fingerprint density at radius 2 is 2.12 bits per heavy atom. The summed E-state index contributed by atoms with van der Waals surface area (Å²) in [6, 6.07) is 0. The van der Waals surface area contributed by atoms with Gasteiger partial charge in [0.25, 0.3) is 0 Å². The summed E-state index contributed by atoms with van der Waals surface area (Å²) in [6.45, 7) is 3.91. The van der Waals surface area contributed by atoms with Crippen molar-refractivity contribution in [1.29, 1.82) is 0 Å². The molecule has 0 saturated heterocycles. The molecule has 0 bridgehead atoms. The number of carbonyl (C=O) groups is 1. The summed E-state index contributed by atoms with van der Waals surface area (Å²) in [4.78, 5) is 11.4. The second-order valence-corrected chi connectivity index (χ2v) is 4.18. The van der Waals surface area contributed by atoms with E-state index < -0.39 is 0 Å². The van der Waals surface area contributed by atoms with Gasteiger partial charge in [0.2, 0.25) is 5.91 Å². The standard InChI is InChI=1S/C12H26N2O2/c1-3-5-11(7-9-15)10-14-12(16)6-4-8-13-2/h11,13,15H,3-10H2,1-2H3,(H,14,16). The van der Waals surface area contributed by atoms with Gasteiger partial charge in [0, 0.05) is 19.6 Å². The molecule has 16 heavy (non-hydrogen) atoms. The Hall–Kier alpha value is -0.610. The number of aliphatic hydroxyl groups excluding tert-OH is 1. The number of amides is 1. The van der Waals surface area contributed by atoms with Gasteiger partial charge in [-0.1, -0.05) is 13.3 Å². The average molecular weight is 230 g/mol. The van der Waals surface area contributed by atoms with Gasteiger partial charge in [-0.15, -0.1) is 0 Å². The van der Waals surface area contributed by atoms with Crippen LogP contribution in [0.3, 0.4) is 0 Å². The molecule has 0 fully saturated rings. The van der Waals surface area contributed by atoms with Crippen LogP contribution in [0.1, 0.15) is 39.0 Å². The quantitative estimate of drug-likeness (QED) is 0.489. The van der Waals surface area contributed by atoms with E-state index in [4.69, 9.17) is 5.11 Å². The number of aliphatic hydroxyl groups is 1. The number of nitrogens with one attached hydrogen (secondary N) is 2. The molecule has 0 aliphatic heterocycles. The maximum Gasteiger partial charge on any atom is 0.220 e. The minimum absolute atomic E-state index is 0.120. The molecule has 3 N–H and O–H groups in total. The summed E-state index contributed by atoms with van der Waals surface area (Å²) in [5.41, 5.74) is 0. The van der Waals surface area contributed by atoms with E-state index in [2.05, 4.69) is 17.6 Å². The van der Waals surface area contributed by atoms with Gasteiger partial charge >= 0.3 is 0 Å². The van der Waals surface area contributed by atoms with Crippen molar-refractivity contribution < 1.29 is 9.90 Å². The molecule has 1 atom stereocenters. The van der Waals surface area contributed by atoms with Crippen molar-refractivity contribution >= 4 is 5.91 Å². The van der Waals surface area contributed by atoms with Gasteiger partial charge in [-0.2, -0.15) is 0 Å². The number of rotatable bonds is 10. The molecule has 1 amide bonds. The lowest BCUT2D eigenvalue weighted by Crippen LogP contribution is -2.30. The molecule has 0 radical (unpaired) electrons. The van der Waals surface area contributed by atoms with Crippen molar-refractivity contribution in [2.75, 3.05) is 26.7 Å². The third-order valence-electron chi connectivity index (χ3n) is 2.65. The van der Waals surface area contributed by atoms with Gasteiger partial charge in [-0.25, -0.2) is 0 Å². The minimum Gasteiger partial charge on any atom is -0.396 e. The first-order valence-corrected chi connectivity index (χ1v) is 6.26. The van der Waals surface area contributed by atoms with E-state index in [-0.39, 0.29) is 12.5 Å². The van der Waals surface area contributed by atoms with Crippen molar-refractivity contribution in [3.63, 3.8) is 0 Å². The van der Waals surface area contributed by atoms with E-state index in [0.717, 1.165) is 32.2 Å². The molecule has 0 spiro atoms. The van der Waals surface area contributed by atoms with E-state index in [1.807, 2.05) is 7.05 Å². The maximum atomic E-state index is 11.4. The molecule has 0 aromatic rings. The normalized spacial score (nSPS) is 12.4. The van der Waals surface area contributed by atoms with Crippen LogP contribution >= 0.6 is 0 Å². The van der Waals surface area contributed by atoms with Crippen molar-refractivity contribution in [2.24, 2.45) is 5.92 Å². The molecule has 0 rings (SSSR count). The Labute approximate surface area is 98.8 Å². The molecule has 0 saturated carbocycles. The van der Waals surface area contributed by atoms with Gasteiger partial charge in [0.05, 0.1) is 0 Å². The molecule has 96 valence electrons. The minimum atomic E-state index is 0.120. The Kier molecular flexibility index (Phi) is 10.5. The summed E-state index contributed by atoms with van der Waals surface area (Å²) in [5, 5.41) is 14.8. The smallest absolute Gasteiger partial charge is 0.220 e. The Balaban J connectivity index is 3.60. The summed E-state index contributed by atoms with van der Waals surface area (Å²) < 4.78 is 0. The monoisotopic (exact) mass is 230 g/mol. The highest BCUT2D eigenvalue weighted by Crippen LogP contribution is 2.09. The summed E-state index contributed by atoms with van der Waals surface area (Å²) in [7, 11) is 1.89. The Morgan fingerprint density at radius 3 is 2.69 bits per heavy atom. The molecule has 0 aliphatic rings. The van der Waals surface area contributed by atoms with E-state index in [0.29, 0.717) is 18.9 Å². The zero-order valence-corrected chi connectivity index (χ0v) is 10.6. The molecular formula is C12H26N2O2. The third-order valence-corrected chi connectivity index (χ3v) is 2.65. The maximum absolute atomic E-state index is 11.4. The zero-order valence-electron chi connectivity index (χ0n) is 10.6. The van der Waals surface area contributed by atoms with Crippen LogP contribution in [0, 0.1) is 5.92 Å². The molecule has 4 heteroatoms. The van der Waals surface area contributed by atoms with Crippen LogP contribution in [0.15, 0.2) is 0 Å². The molecule has 1 unspecified atom stereocenters. The van der Waals surface area contributed by atoms with Crippen LogP contribution in [-0.2, 0) is 4.79 Å². The number of hydrogen-bond acceptors (Lipinski definition) is 3. The fraction of sp³-hybridized carbons (Fsp3) is 0.917. The number of hydrogen-bond donors (Lipinski definition) is 3. The van der Waals surface area contributed by atoms with Crippen molar-refractivity contribution in [1.82, 2.24) is 10.6 Å². The van der Waals surface area contributed by atoms with Crippen molar-refractivity contribution in [3.05, 3.63) is 0 Å². The predicted octanol–water partition coefficient (Wildman–Crippen LogP) is 0.901. The first-order valence-electron chi connectivity index (χ1n) is 6.26. The fourth-order valence-corrected chi connectivity index (χ4v) is 1.71. The molecule has 4 nitrogen and oxygen atoms in total. The average Bonchev–Trinajstić information content (AvgIpc) is 2.27. The van der Waals surface area contributed by atoms with E-state index in [9.17, 15) is 4.79 Å². The SMILES string of the molecule is CCCC(CCO)CNC(=O)CCCNC. The van der Waals surface area contributed by atoms with E-state index >= 15 is 0 Å². The molecule has 0 heterocycles. The lowest BCUT2D eigenvalue weighted by atomic mass is 10.0. The van der Waals surface area contributed by atoms with Crippen molar-refractivity contribution in [3.8, 4) is 0 Å². The molecule has 0 aromatic carbocycles. The summed E-state index contributed by atoms with van der Waals surface area (Å²) >= 11 is 0. The topological polar surface area (TPSA) is 61.4 Å². The van der Waals surface area contributed by atoms with Crippen LogP contribution in [0.25, 0.3) is 0 Å². The lowest BCUT2D eigenvalue weighted by Gasteiger charge is -2.15. The van der Waals surface area contributed by atoms with Gasteiger partial charge in [-0.3, -0.25) is 4.79 Å². The van der Waals surface area contributed by atoms with Gasteiger partial charge in [0.1, 0.15) is 0 Å². The number of carbonyl (C=O) groups excluding carboxylic acids is 1. The largest absolute Gasteiger partial charge is 0.396 e. The highest BCUT2D eigenvalue weighted by Gasteiger charge is 2.08. The highest BCUT2D eigenvalue weighted by molar-refractivity contribution is 5.75. The molecular weight excluding hydrogens is 204 g/mol. The van der Waals surface area contributed by atoms with E-state index in [1.54, 1.807) is 0 Å². The second-order valence-electron chi connectivity index (χ2n) is 4.18. The highest BCUT2D eigenvalue weighted by atomic mass is 16.3. The van der Waals surface area contributed by atoms with Gasteiger partial charge in [0.15, 0.2) is 0 Å². The van der Waals surface area contributed by atoms with Crippen LogP contribution in [0.2, 0.25) is 0 Å². The van der Waals surface area contributed by atoms with Crippen molar-refractivity contribution in [2.45, 2.75) is 39.0 Å². The van der Waals surface area contributed by atoms with Crippen LogP contribution in [0.4, 0.5) is 0 Å². The fourth-order valence-electron chi connectivity index (χ4n) is 1.71. The molecule has 0 aromatic heterocycles. The zero-order chi connectivity index (χ0) is 12.2. The first-order chi connectivity index (χ1) is 7.74. The van der Waals surface area contributed by atoms with E-state index in [1.165, 1.54) is 0 Å². The second kappa shape index (κ2) is 10.9. The Bertz CT molecular complexity index is 168. The predicted molar refractivity (Wildman–Crippen MR) is 66.3 cm³/mol. The third kappa shape index (κ3) is 8.68. The van der Waals surface area contributed by atoms with Crippen LogP contribution in [-0.4, -0.2) is 37.8 Å². The first kappa shape index (κ1) is 15.4. The summed E-state index contributed by atoms with van der Waals surface area (Å²) in [5.74, 6) is 0.539. The summed E-state index contributed by atoms with van der Waals surface area (Å²) in [6.07, 6.45) is 4.40. The van der Waals surface area contributed by atoms with Crippen LogP contribution < -0.4 is 10.6 Å². The molecule has 0 aliphatic carbocycles. The van der Waals surface area contributed by atoms with Gasteiger partial charge < -0.3 is 15.7 Å². The Morgan fingerprint density at radius 1 is 1.38 bits per heavy atom.